The Morgan fingerprint density at radius 2 is 2.13 bits per heavy atom. The standard InChI is InChI=1S/C11H18N4/c1-3-15(4-2)11-9(8-10(12)13)6-5-7-14-11/h5-7H,3-4,8H2,1-2H3,(H3,12,13). The molecule has 0 aromatic carbocycles. The number of nitrogens with two attached hydrogens (primary N) is 1. The second-order valence-corrected chi connectivity index (χ2v) is 3.36. The van der Waals surface area contributed by atoms with Gasteiger partial charge in [-0.3, -0.25) is 5.41 Å². The molecule has 0 aliphatic rings. The van der Waals surface area contributed by atoms with E-state index >= 15 is 0 Å². The summed E-state index contributed by atoms with van der Waals surface area (Å²) in [5.74, 6) is 1.12. The third-order valence-corrected chi connectivity index (χ3v) is 2.31. The summed E-state index contributed by atoms with van der Waals surface area (Å²) in [7, 11) is 0. The summed E-state index contributed by atoms with van der Waals surface area (Å²) in [6, 6.07) is 3.85. The lowest BCUT2D eigenvalue weighted by Gasteiger charge is -2.22. The average molecular weight is 206 g/mol. The van der Waals surface area contributed by atoms with Gasteiger partial charge in [-0.05, 0) is 19.9 Å². The van der Waals surface area contributed by atoms with E-state index in [4.69, 9.17) is 11.1 Å². The molecule has 15 heavy (non-hydrogen) atoms. The Hall–Kier alpha value is -1.58. The van der Waals surface area contributed by atoms with E-state index in [1.165, 1.54) is 0 Å². The lowest BCUT2D eigenvalue weighted by atomic mass is 10.1. The van der Waals surface area contributed by atoms with E-state index in [9.17, 15) is 0 Å². The number of aromatic nitrogens is 1. The Bertz CT molecular complexity index is 331. The molecule has 0 atom stereocenters. The molecule has 4 nitrogen and oxygen atoms in total. The minimum atomic E-state index is 0.177. The van der Waals surface area contributed by atoms with Gasteiger partial charge in [0.25, 0.3) is 0 Å². The van der Waals surface area contributed by atoms with Gasteiger partial charge in [-0.25, -0.2) is 4.98 Å². The van der Waals surface area contributed by atoms with Crippen LogP contribution in [0.5, 0.6) is 0 Å². The van der Waals surface area contributed by atoms with Gasteiger partial charge in [0.05, 0.1) is 5.84 Å². The summed E-state index contributed by atoms with van der Waals surface area (Å²) >= 11 is 0. The molecular formula is C11H18N4. The quantitative estimate of drug-likeness (QED) is 0.565. The zero-order valence-corrected chi connectivity index (χ0v) is 9.33. The van der Waals surface area contributed by atoms with Crippen LogP contribution in [0.4, 0.5) is 5.82 Å². The van der Waals surface area contributed by atoms with Gasteiger partial charge in [0, 0.05) is 31.3 Å². The molecule has 1 rings (SSSR count). The van der Waals surface area contributed by atoms with E-state index in [2.05, 4.69) is 23.7 Å². The van der Waals surface area contributed by atoms with E-state index in [0.717, 1.165) is 24.5 Å². The van der Waals surface area contributed by atoms with Crippen molar-refractivity contribution in [2.75, 3.05) is 18.0 Å². The second kappa shape index (κ2) is 5.34. The molecule has 1 aromatic rings. The van der Waals surface area contributed by atoms with Crippen molar-refractivity contribution in [2.45, 2.75) is 20.3 Å². The van der Waals surface area contributed by atoms with Gasteiger partial charge >= 0.3 is 0 Å². The number of rotatable bonds is 5. The minimum Gasteiger partial charge on any atom is -0.387 e. The van der Waals surface area contributed by atoms with E-state index in [0.29, 0.717) is 6.42 Å². The van der Waals surface area contributed by atoms with Crippen LogP contribution in [0.25, 0.3) is 0 Å². The van der Waals surface area contributed by atoms with Crippen LogP contribution in [0.1, 0.15) is 19.4 Å². The van der Waals surface area contributed by atoms with Gasteiger partial charge in [0.1, 0.15) is 5.82 Å². The number of nitrogens with one attached hydrogen (secondary N) is 1. The van der Waals surface area contributed by atoms with E-state index in [1.807, 2.05) is 12.1 Å². The maximum absolute atomic E-state index is 7.32. The van der Waals surface area contributed by atoms with Crippen molar-refractivity contribution in [2.24, 2.45) is 5.73 Å². The van der Waals surface area contributed by atoms with E-state index in [1.54, 1.807) is 6.20 Å². The fourth-order valence-electron chi connectivity index (χ4n) is 1.58. The molecule has 0 bridgehead atoms. The third-order valence-electron chi connectivity index (χ3n) is 2.31. The predicted molar refractivity (Wildman–Crippen MR) is 63.4 cm³/mol. The molecule has 0 fully saturated rings. The molecule has 0 amide bonds. The second-order valence-electron chi connectivity index (χ2n) is 3.36. The third kappa shape index (κ3) is 2.94. The first kappa shape index (κ1) is 11.5. The number of pyridine rings is 1. The summed E-state index contributed by atoms with van der Waals surface area (Å²) in [6.45, 7) is 6.02. The zero-order chi connectivity index (χ0) is 11.3. The highest BCUT2D eigenvalue weighted by atomic mass is 15.2. The normalized spacial score (nSPS) is 10.0. The fraction of sp³-hybridized carbons (Fsp3) is 0.455. The predicted octanol–water partition coefficient (Wildman–Crippen LogP) is 1.41. The molecule has 0 aliphatic carbocycles. The van der Waals surface area contributed by atoms with Crippen molar-refractivity contribution >= 4 is 11.7 Å². The lowest BCUT2D eigenvalue weighted by Crippen LogP contribution is -2.25. The maximum atomic E-state index is 7.32. The molecule has 0 unspecified atom stereocenters. The van der Waals surface area contributed by atoms with Crippen molar-refractivity contribution in [1.82, 2.24) is 4.98 Å². The van der Waals surface area contributed by atoms with Crippen LogP contribution in [0.2, 0.25) is 0 Å². The van der Waals surface area contributed by atoms with Crippen LogP contribution >= 0.6 is 0 Å². The molecule has 0 aliphatic heterocycles. The summed E-state index contributed by atoms with van der Waals surface area (Å²) in [6.07, 6.45) is 2.25. The molecule has 0 saturated carbocycles. The van der Waals surface area contributed by atoms with Crippen molar-refractivity contribution in [3.63, 3.8) is 0 Å². The Morgan fingerprint density at radius 3 is 2.67 bits per heavy atom. The zero-order valence-electron chi connectivity index (χ0n) is 9.33. The van der Waals surface area contributed by atoms with Gasteiger partial charge < -0.3 is 10.6 Å². The Balaban J connectivity index is 2.99. The topological polar surface area (TPSA) is 66.0 Å². The van der Waals surface area contributed by atoms with Crippen LogP contribution < -0.4 is 10.6 Å². The average Bonchev–Trinajstić information content (AvgIpc) is 2.21. The largest absolute Gasteiger partial charge is 0.387 e. The van der Waals surface area contributed by atoms with Crippen LogP contribution in [0.15, 0.2) is 18.3 Å². The highest BCUT2D eigenvalue weighted by Gasteiger charge is 2.09. The highest BCUT2D eigenvalue weighted by molar-refractivity contribution is 5.80. The monoisotopic (exact) mass is 206 g/mol. The summed E-state index contributed by atoms with van der Waals surface area (Å²) in [5.41, 5.74) is 6.44. The van der Waals surface area contributed by atoms with Crippen molar-refractivity contribution in [1.29, 1.82) is 5.41 Å². The number of nitrogens with zero attached hydrogens (tertiary/aromatic N) is 2. The van der Waals surface area contributed by atoms with Crippen LogP contribution in [-0.4, -0.2) is 23.9 Å². The van der Waals surface area contributed by atoms with Crippen LogP contribution in [0, 0.1) is 5.41 Å². The summed E-state index contributed by atoms with van der Waals surface area (Å²) < 4.78 is 0. The number of hydrogen-bond donors (Lipinski definition) is 2. The molecule has 0 saturated heterocycles. The Morgan fingerprint density at radius 1 is 1.47 bits per heavy atom. The number of hydrogen-bond acceptors (Lipinski definition) is 3. The number of amidine groups is 1. The summed E-state index contributed by atoms with van der Waals surface area (Å²) in [4.78, 5) is 6.51. The summed E-state index contributed by atoms with van der Waals surface area (Å²) in [5, 5.41) is 7.32. The fourth-order valence-corrected chi connectivity index (χ4v) is 1.58. The van der Waals surface area contributed by atoms with E-state index in [-0.39, 0.29) is 5.84 Å². The number of anilines is 1. The molecule has 82 valence electrons. The molecule has 0 radical (unpaired) electrons. The van der Waals surface area contributed by atoms with Gasteiger partial charge in [-0.2, -0.15) is 0 Å². The lowest BCUT2D eigenvalue weighted by molar-refractivity contribution is 0.838. The van der Waals surface area contributed by atoms with Crippen molar-refractivity contribution < 1.29 is 0 Å². The van der Waals surface area contributed by atoms with Gasteiger partial charge in [0.2, 0.25) is 0 Å². The first-order chi connectivity index (χ1) is 7.19. The molecule has 1 aromatic heterocycles. The first-order valence-corrected chi connectivity index (χ1v) is 5.20. The maximum Gasteiger partial charge on any atom is 0.132 e. The smallest absolute Gasteiger partial charge is 0.132 e. The molecule has 3 N–H and O–H groups in total. The van der Waals surface area contributed by atoms with Crippen molar-refractivity contribution in [3.05, 3.63) is 23.9 Å². The highest BCUT2D eigenvalue weighted by Crippen LogP contribution is 2.16. The molecular weight excluding hydrogens is 188 g/mol. The van der Waals surface area contributed by atoms with Crippen molar-refractivity contribution in [3.8, 4) is 0 Å². The van der Waals surface area contributed by atoms with Crippen LogP contribution in [0.3, 0.4) is 0 Å². The minimum absolute atomic E-state index is 0.177. The molecule has 1 heterocycles. The van der Waals surface area contributed by atoms with Crippen LogP contribution in [-0.2, 0) is 6.42 Å². The van der Waals surface area contributed by atoms with Gasteiger partial charge in [0.15, 0.2) is 0 Å². The Labute approximate surface area is 90.6 Å². The SMILES string of the molecule is CCN(CC)c1ncccc1CC(=N)N. The first-order valence-electron chi connectivity index (χ1n) is 5.20. The Kier molecular flexibility index (Phi) is 4.09. The van der Waals surface area contributed by atoms with Gasteiger partial charge in [-0.15, -0.1) is 0 Å². The van der Waals surface area contributed by atoms with Gasteiger partial charge in [-0.1, -0.05) is 6.07 Å². The van der Waals surface area contributed by atoms with E-state index < -0.39 is 0 Å². The molecule has 4 heteroatoms. The molecule has 0 spiro atoms.